The van der Waals surface area contributed by atoms with E-state index in [1.807, 2.05) is 0 Å². The van der Waals surface area contributed by atoms with Crippen LogP contribution in [-0.4, -0.2) is 46.4 Å². The highest BCUT2D eigenvalue weighted by molar-refractivity contribution is 7.89. The van der Waals surface area contributed by atoms with Crippen LogP contribution in [0.25, 0.3) is 5.69 Å². The van der Waals surface area contributed by atoms with Gasteiger partial charge in [-0.1, -0.05) is 6.07 Å². The number of hydrogen-bond acceptors (Lipinski definition) is 5. The number of sulfonamides is 1. The van der Waals surface area contributed by atoms with E-state index < -0.39 is 27.2 Å². The largest absolute Gasteiger partial charge is 0.416 e. The standard InChI is InChI=1S/C29H24F4N4O3S/c30-22-6-8-23(9-7-22)37-26-15-21-12-14-36(41(39,40)24-10-4-20(5-11-24)29(31,32)33)18-28(21,16-19(26)17-35-37)27(38)25-3-1-2-13-34-25/h1-11,13,17,21H,12,14-16,18H2. The Balaban J connectivity index is 1.39. The lowest BCUT2D eigenvalue weighted by molar-refractivity contribution is -0.137. The summed E-state index contributed by atoms with van der Waals surface area (Å²) in [7, 11) is -4.21. The second-order valence-corrected chi connectivity index (χ2v) is 12.4. The van der Waals surface area contributed by atoms with Gasteiger partial charge in [0.2, 0.25) is 10.0 Å². The molecule has 3 heterocycles. The monoisotopic (exact) mass is 584 g/mol. The summed E-state index contributed by atoms with van der Waals surface area (Å²) in [4.78, 5) is 18.1. The van der Waals surface area contributed by atoms with Gasteiger partial charge in [-0.05, 0) is 91.4 Å². The molecule has 6 rings (SSSR count). The molecule has 2 aromatic carbocycles. The molecule has 7 nitrogen and oxygen atoms in total. The highest BCUT2D eigenvalue weighted by atomic mass is 32.2. The summed E-state index contributed by atoms with van der Waals surface area (Å²) >= 11 is 0. The second kappa shape index (κ2) is 9.88. The highest BCUT2D eigenvalue weighted by Gasteiger charge is 2.54. The maximum atomic E-state index is 14.2. The molecule has 1 aliphatic heterocycles. The van der Waals surface area contributed by atoms with Gasteiger partial charge in [-0.2, -0.15) is 22.6 Å². The predicted molar refractivity (Wildman–Crippen MR) is 140 cm³/mol. The molecule has 0 radical (unpaired) electrons. The number of benzene rings is 2. The second-order valence-electron chi connectivity index (χ2n) is 10.4. The van der Waals surface area contributed by atoms with Gasteiger partial charge in [0.15, 0.2) is 5.78 Å². The molecular formula is C29H24F4N4O3S. The zero-order valence-corrected chi connectivity index (χ0v) is 22.4. The van der Waals surface area contributed by atoms with E-state index in [2.05, 4.69) is 10.1 Å². The summed E-state index contributed by atoms with van der Waals surface area (Å²) in [5, 5.41) is 4.51. The molecule has 2 aromatic heterocycles. The van der Waals surface area contributed by atoms with E-state index in [0.717, 1.165) is 35.5 Å². The quantitative estimate of drug-likeness (QED) is 0.241. The zero-order chi connectivity index (χ0) is 29.0. The van der Waals surface area contributed by atoms with Crippen LogP contribution in [0.5, 0.6) is 0 Å². The van der Waals surface area contributed by atoms with Crippen molar-refractivity contribution in [2.75, 3.05) is 13.1 Å². The summed E-state index contributed by atoms with van der Waals surface area (Å²) in [6, 6.07) is 14.2. The molecule has 0 saturated carbocycles. The van der Waals surface area contributed by atoms with Crippen LogP contribution in [0.2, 0.25) is 0 Å². The number of pyridine rings is 1. The van der Waals surface area contributed by atoms with Crippen LogP contribution in [0.1, 0.15) is 33.7 Å². The van der Waals surface area contributed by atoms with E-state index in [1.54, 1.807) is 41.2 Å². The Hall–Kier alpha value is -3.90. The number of rotatable bonds is 5. The van der Waals surface area contributed by atoms with E-state index in [1.165, 1.54) is 22.6 Å². The van der Waals surface area contributed by atoms with Crippen LogP contribution in [0.15, 0.2) is 84.0 Å². The molecule has 2 atom stereocenters. The van der Waals surface area contributed by atoms with Crippen molar-refractivity contribution in [2.24, 2.45) is 11.3 Å². The average molecular weight is 585 g/mol. The molecule has 0 N–H and O–H groups in total. The lowest BCUT2D eigenvalue weighted by atomic mass is 9.60. The van der Waals surface area contributed by atoms with Gasteiger partial charge < -0.3 is 0 Å². The molecule has 4 aromatic rings. The lowest BCUT2D eigenvalue weighted by Gasteiger charge is -2.49. The highest BCUT2D eigenvalue weighted by Crippen LogP contribution is 2.48. The number of carbonyl (C=O) groups is 1. The van der Waals surface area contributed by atoms with Crippen molar-refractivity contribution in [2.45, 2.75) is 30.3 Å². The van der Waals surface area contributed by atoms with E-state index in [4.69, 9.17) is 0 Å². The number of halogens is 4. The van der Waals surface area contributed by atoms with Crippen LogP contribution in [-0.2, 0) is 29.0 Å². The Kier molecular flexibility index (Phi) is 6.57. The van der Waals surface area contributed by atoms with Gasteiger partial charge in [0, 0.05) is 25.0 Å². The normalized spacial score (nSPS) is 21.2. The molecule has 1 saturated heterocycles. The number of fused-ring (bicyclic) bond motifs is 2. The van der Waals surface area contributed by atoms with Crippen molar-refractivity contribution >= 4 is 15.8 Å². The van der Waals surface area contributed by atoms with E-state index >= 15 is 0 Å². The van der Waals surface area contributed by atoms with Gasteiger partial charge in [0.25, 0.3) is 0 Å². The molecule has 12 heteroatoms. The molecule has 2 unspecified atom stereocenters. The number of ketones is 1. The van der Waals surface area contributed by atoms with Crippen molar-refractivity contribution in [3.05, 3.63) is 107 Å². The van der Waals surface area contributed by atoms with Crippen molar-refractivity contribution < 1.29 is 30.8 Å². The first kappa shape index (κ1) is 27.3. The van der Waals surface area contributed by atoms with Crippen LogP contribution < -0.4 is 0 Å². The minimum absolute atomic E-state index is 0.0886. The van der Waals surface area contributed by atoms with Gasteiger partial charge in [-0.3, -0.25) is 9.78 Å². The molecular weight excluding hydrogens is 560 g/mol. The first-order valence-electron chi connectivity index (χ1n) is 12.9. The number of nitrogens with zero attached hydrogens (tertiary/aromatic N) is 4. The number of hydrogen-bond donors (Lipinski definition) is 0. The summed E-state index contributed by atoms with van der Waals surface area (Å²) in [5.41, 5.74) is 0.387. The van der Waals surface area contributed by atoms with E-state index in [-0.39, 0.29) is 47.6 Å². The topological polar surface area (TPSA) is 85.2 Å². The van der Waals surface area contributed by atoms with Crippen molar-refractivity contribution in [1.82, 2.24) is 19.1 Å². The Morgan fingerprint density at radius 2 is 1.73 bits per heavy atom. The smallest absolute Gasteiger partial charge is 0.292 e. The van der Waals surface area contributed by atoms with Crippen LogP contribution in [0.3, 0.4) is 0 Å². The fourth-order valence-corrected chi connectivity index (χ4v) is 7.53. The minimum atomic E-state index is -4.60. The molecule has 0 spiro atoms. The third-order valence-electron chi connectivity index (χ3n) is 8.11. The Bertz CT molecular complexity index is 1710. The molecule has 41 heavy (non-hydrogen) atoms. The Morgan fingerprint density at radius 1 is 1.00 bits per heavy atom. The maximum Gasteiger partial charge on any atom is 0.416 e. The SMILES string of the molecule is O=C(c1ccccn1)C12Cc3cnn(-c4ccc(F)cc4)c3CC1CCN(S(=O)(=O)c1ccc(C(F)(F)F)cc1)C2. The third kappa shape index (κ3) is 4.74. The molecule has 212 valence electrons. The fraction of sp³-hybridized carbons (Fsp3) is 0.276. The lowest BCUT2D eigenvalue weighted by Crippen LogP contribution is -2.57. The van der Waals surface area contributed by atoms with E-state index in [0.29, 0.717) is 18.5 Å². The van der Waals surface area contributed by atoms with Crippen LogP contribution in [0.4, 0.5) is 17.6 Å². The first-order valence-corrected chi connectivity index (χ1v) is 14.4. The maximum absolute atomic E-state index is 14.2. The number of alkyl halides is 3. The van der Waals surface area contributed by atoms with Crippen molar-refractivity contribution in [3.8, 4) is 5.69 Å². The molecule has 1 aliphatic carbocycles. The van der Waals surface area contributed by atoms with Gasteiger partial charge in [0.1, 0.15) is 11.5 Å². The molecule has 1 fully saturated rings. The van der Waals surface area contributed by atoms with Gasteiger partial charge >= 0.3 is 6.18 Å². The number of Topliss-reactive ketones (excluding diaryl/α,β-unsaturated/α-hetero) is 1. The Morgan fingerprint density at radius 3 is 2.39 bits per heavy atom. The fourth-order valence-electron chi connectivity index (χ4n) is 6.01. The van der Waals surface area contributed by atoms with Crippen molar-refractivity contribution in [3.63, 3.8) is 0 Å². The van der Waals surface area contributed by atoms with Crippen LogP contribution >= 0.6 is 0 Å². The average Bonchev–Trinajstić information content (AvgIpc) is 3.37. The van der Waals surface area contributed by atoms with Gasteiger partial charge in [0.05, 0.1) is 27.8 Å². The molecule has 2 aliphatic rings. The van der Waals surface area contributed by atoms with Crippen LogP contribution in [0, 0.1) is 17.2 Å². The number of carbonyl (C=O) groups excluding carboxylic acids is 1. The molecule has 0 amide bonds. The summed E-state index contributed by atoms with van der Waals surface area (Å²) in [5.74, 6) is -0.938. The summed E-state index contributed by atoms with van der Waals surface area (Å²) in [6.45, 7) is -0.0666. The minimum Gasteiger partial charge on any atom is -0.292 e. The van der Waals surface area contributed by atoms with Gasteiger partial charge in [-0.25, -0.2) is 17.5 Å². The third-order valence-corrected chi connectivity index (χ3v) is 9.97. The van der Waals surface area contributed by atoms with Gasteiger partial charge in [-0.15, -0.1) is 0 Å². The predicted octanol–water partition coefficient (Wildman–Crippen LogP) is 5.10. The Labute approximate surface area is 233 Å². The zero-order valence-electron chi connectivity index (χ0n) is 21.6. The van der Waals surface area contributed by atoms with Crippen molar-refractivity contribution in [1.29, 1.82) is 0 Å². The number of piperidine rings is 1. The molecule has 0 bridgehead atoms. The first-order chi connectivity index (χ1) is 19.5. The summed E-state index contributed by atoms with van der Waals surface area (Å²) < 4.78 is 83.0. The number of aromatic nitrogens is 3. The summed E-state index contributed by atoms with van der Waals surface area (Å²) in [6.07, 6.45) is -0.489. The van der Waals surface area contributed by atoms with E-state index in [9.17, 15) is 30.8 Å².